The van der Waals surface area contributed by atoms with Crippen LogP contribution in [0.3, 0.4) is 0 Å². The maximum Gasteiger partial charge on any atom is 0.128 e. The molecular weight excluding hydrogens is 385 g/mol. The fourth-order valence-corrected chi connectivity index (χ4v) is 3.47. The molecule has 0 saturated carbocycles. The molecule has 0 heterocycles. The number of benzene rings is 3. The van der Waals surface area contributed by atoms with Gasteiger partial charge in [-0.1, -0.05) is 53.0 Å². The van der Waals surface area contributed by atoms with Crippen LogP contribution in [0.25, 0.3) is 0 Å². The van der Waals surface area contributed by atoms with Crippen molar-refractivity contribution >= 4 is 34.8 Å². The summed E-state index contributed by atoms with van der Waals surface area (Å²) in [6.45, 7) is 0. The molecule has 0 fully saturated rings. The molecule has 3 rings (SSSR count). The molecule has 0 aliphatic rings. The lowest BCUT2D eigenvalue weighted by Crippen LogP contribution is -1.98. The van der Waals surface area contributed by atoms with Gasteiger partial charge in [0.2, 0.25) is 0 Å². The topological polar surface area (TPSA) is 0 Å². The second-order valence-electron chi connectivity index (χ2n) is 5.72. The Kier molecular flexibility index (Phi) is 5.63. The van der Waals surface area contributed by atoms with Crippen LogP contribution in [0.1, 0.15) is 22.3 Å². The van der Waals surface area contributed by atoms with Crippen molar-refractivity contribution in [2.24, 2.45) is 0 Å². The van der Waals surface area contributed by atoms with E-state index in [1.54, 1.807) is 36.4 Å². The monoisotopic (exact) mass is 396 g/mol. The fourth-order valence-electron chi connectivity index (χ4n) is 2.73. The van der Waals surface area contributed by atoms with E-state index in [1.165, 1.54) is 12.1 Å². The van der Waals surface area contributed by atoms with Gasteiger partial charge in [-0.3, -0.25) is 0 Å². The molecular formula is C20H13Cl3F2. The Balaban J connectivity index is 1.93. The van der Waals surface area contributed by atoms with E-state index in [1.807, 2.05) is 6.07 Å². The van der Waals surface area contributed by atoms with Gasteiger partial charge in [0.25, 0.3) is 0 Å². The van der Waals surface area contributed by atoms with E-state index in [9.17, 15) is 8.78 Å². The van der Waals surface area contributed by atoms with Crippen LogP contribution in [-0.2, 0) is 12.8 Å². The predicted molar refractivity (Wildman–Crippen MR) is 99.9 cm³/mol. The maximum absolute atomic E-state index is 14.0. The van der Waals surface area contributed by atoms with Crippen molar-refractivity contribution in [1.82, 2.24) is 0 Å². The van der Waals surface area contributed by atoms with E-state index >= 15 is 0 Å². The van der Waals surface area contributed by atoms with Gasteiger partial charge in [0, 0.05) is 39.0 Å². The van der Waals surface area contributed by atoms with Crippen LogP contribution in [0.5, 0.6) is 0 Å². The first-order chi connectivity index (χ1) is 11.9. The molecule has 3 aromatic carbocycles. The third kappa shape index (κ3) is 4.33. The molecule has 3 aromatic rings. The maximum atomic E-state index is 14.0. The highest BCUT2D eigenvalue weighted by Crippen LogP contribution is 2.27. The van der Waals surface area contributed by atoms with Gasteiger partial charge in [-0.15, -0.1) is 0 Å². The Labute approximate surface area is 160 Å². The number of hydrogen-bond acceptors (Lipinski definition) is 0. The third-order valence-corrected chi connectivity index (χ3v) is 4.83. The highest BCUT2D eigenvalue weighted by molar-refractivity contribution is 6.32. The summed E-state index contributed by atoms with van der Waals surface area (Å²) in [4.78, 5) is 0. The largest absolute Gasteiger partial charge is 0.207 e. The highest BCUT2D eigenvalue weighted by atomic mass is 35.5. The van der Waals surface area contributed by atoms with Gasteiger partial charge >= 0.3 is 0 Å². The Bertz CT molecular complexity index is 811. The lowest BCUT2D eigenvalue weighted by atomic mass is 9.98. The molecule has 0 aliphatic heterocycles. The lowest BCUT2D eigenvalue weighted by Gasteiger charge is -2.11. The Morgan fingerprint density at radius 1 is 0.640 bits per heavy atom. The van der Waals surface area contributed by atoms with Crippen LogP contribution in [0.4, 0.5) is 8.78 Å². The van der Waals surface area contributed by atoms with E-state index < -0.39 is 0 Å². The standard InChI is InChI=1S/C20H13Cl3F2/c21-14-8-12(10-15-17(22)3-1-5-19(15)24)7-13(9-14)11-16-18(23)4-2-6-20(16)25/h1-9H,10-11H2. The normalized spacial score (nSPS) is 10.9. The summed E-state index contributed by atoms with van der Waals surface area (Å²) in [5.41, 5.74) is 2.39. The summed E-state index contributed by atoms with van der Waals surface area (Å²) in [6.07, 6.45) is 0.591. The Morgan fingerprint density at radius 3 is 1.48 bits per heavy atom. The van der Waals surface area contributed by atoms with Crippen molar-refractivity contribution in [3.63, 3.8) is 0 Å². The first-order valence-corrected chi connectivity index (χ1v) is 8.71. The number of rotatable bonds is 4. The van der Waals surface area contributed by atoms with Crippen LogP contribution < -0.4 is 0 Å². The van der Waals surface area contributed by atoms with Gasteiger partial charge in [0.1, 0.15) is 11.6 Å². The summed E-state index contributed by atoms with van der Waals surface area (Å²) in [6, 6.07) is 14.5. The molecule has 0 nitrogen and oxygen atoms in total. The predicted octanol–water partition coefficient (Wildman–Crippen LogP) is 7.11. The van der Waals surface area contributed by atoms with Crippen molar-refractivity contribution < 1.29 is 8.78 Å². The molecule has 0 aromatic heterocycles. The smallest absolute Gasteiger partial charge is 0.128 e. The van der Waals surface area contributed by atoms with Crippen LogP contribution in [0.15, 0.2) is 54.6 Å². The van der Waals surface area contributed by atoms with Crippen LogP contribution in [0.2, 0.25) is 15.1 Å². The van der Waals surface area contributed by atoms with Gasteiger partial charge in [-0.25, -0.2) is 8.78 Å². The van der Waals surface area contributed by atoms with E-state index in [0.717, 1.165) is 11.1 Å². The summed E-state index contributed by atoms with van der Waals surface area (Å²) in [5, 5.41) is 1.21. The summed E-state index contributed by atoms with van der Waals surface area (Å²) in [7, 11) is 0. The SMILES string of the molecule is Fc1cccc(Cl)c1Cc1cc(Cl)cc(Cc2c(F)cccc2Cl)c1. The molecule has 5 heteroatoms. The zero-order valence-corrected chi connectivity index (χ0v) is 15.3. The minimum atomic E-state index is -0.369. The van der Waals surface area contributed by atoms with Crippen LogP contribution in [0, 0.1) is 11.6 Å². The molecule has 0 radical (unpaired) electrons. The molecule has 0 amide bonds. The summed E-state index contributed by atoms with van der Waals surface area (Å²) < 4.78 is 28.0. The molecule has 0 aliphatic carbocycles. The molecule has 0 saturated heterocycles. The minimum absolute atomic E-state index is 0.296. The zero-order chi connectivity index (χ0) is 18.0. The van der Waals surface area contributed by atoms with Gasteiger partial charge in [0.05, 0.1) is 0 Å². The average Bonchev–Trinajstić information content (AvgIpc) is 2.54. The van der Waals surface area contributed by atoms with Crippen LogP contribution >= 0.6 is 34.8 Å². The molecule has 128 valence electrons. The number of hydrogen-bond donors (Lipinski definition) is 0. The second-order valence-corrected chi connectivity index (χ2v) is 6.97. The van der Waals surface area contributed by atoms with Crippen molar-refractivity contribution in [3.8, 4) is 0 Å². The molecule has 0 N–H and O–H groups in total. The highest BCUT2D eigenvalue weighted by Gasteiger charge is 2.12. The zero-order valence-electron chi connectivity index (χ0n) is 13.0. The molecule has 0 spiro atoms. The van der Waals surface area contributed by atoms with Crippen molar-refractivity contribution in [3.05, 3.63) is 104 Å². The van der Waals surface area contributed by atoms with Crippen LogP contribution in [-0.4, -0.2) is 0 Å². The summed E-state index contributed by atoms with van der Waals surface area (Å²) in [5.74, 6) is -0.739. The Hall–Kier alpha value is -1.61. The number of halogens is 5. The van der Waals surface area contributed by atoms with Gasteiger partial charge < -0.3 is 0 Å². The Morgan fingerprint density at radius 2 is 1.08 bits per heavy atom. The lowest BCUT2D eigenvalue weighted by molar-refractivity contribution is 0.613. The van der Waals surface area contributed by atoms with E-state index in [4.69, 9.17) is 34.8 Å². The molecule has 0 unspecified atom stereocenters. The van der Waals surface area contributed by atoms with E-state index in [2.05, 4.69) is 0 Å². The van der Waals surface area contributed by atoms with E-state index in [0.29, 0.717) is 39.0 Å². The van der Waals surface area contributed by atoms with Crippen molar-refractivity contribution in [2.75, 3.05) is 0 Å². The van der Waals surface area contributed by atoms with Gasteiger partial charge in [0.15, 0.2) is 0 Å². The molecule has 0 bridgehead atoms. The third-order valence-electron chi connectivity index (χ3n) is 3.90. The first-order valence-electron chi connectivity index (χ1n) is 7.58. The van der Waals surface area contributed by atoms with Gasteiger partial charge in [-0.05, 0) is 47.5 Å². The molecule has 25 heavy (non-hydrogen) atoms. The van der Waals surface area contributed by atoms with Gasteiger partial charge in [-0.2, -0.15) is 0 Å². The van der Waals surface area contributed by atoms with Crippen molar-refractivity contribution in [2.45, 2.75) is 12.8 Å². The molecule has 0 atom stereocenters. The summed E-state index contributed by atoms with van der Waals surface area (Å²) >= 11 is 18.4. The average molecular weight is 398 g/mol. The van der Waals surface area contributed by atoms with Crippen molar-refractivity contribution in [1.29, 1.82) is 0 Å². The second kappa shape index (κ2) is 7.74. The first kappa shape index (κ1) is 18.2. The van der Waals surface area contributed by atoms with E-state index in [-0.39, 0.29) is 11.6 Å². The minimum Gasteiger partial charge on any atom is -0.207 e. The fraction of sp³-hybridized carbons (Fsp3) is 0.100. The quantitative estimate of drug-likeness (QED) is 0.440.